The molecule has 0 aliphatic rings. The molecule has 0 unspecified atom stereocenters. The first-order chi connectivity index (χ1) is 12.0. The van der Waals surface area contributed by atoms with Gasteiger partial charge in [0.2, 0.25) is 0 Å². The normalized spacial score (nSPS) is 14.2. The van der Waals surface area contributed by atoms with Gasteiger partial charge in [-0.15, -0.1) is 0 Å². The minimum atomic E-state index is -4.88. The van der Waals surface area contributed by atoms with Crippen LogP contribution in [0.3, 0.4) is 0 Å². The Kier molecular flexibility index (Phi) is 10.7. The Morgan fingerprint density at radius 2 is 0.778 bits per heavy atom. The van der Waals surface area contributed by atoms with Crippen molar-refractivity contribution in [1.82, 2.24) is 0 Å². The van der Waals surface area contributed by atoms with E-state index in [1.165, 1.54) is 0 Å². The number of hydrogen-bond acceptors (Lipinski definition) is 4. The van der Waals surface area contributed by atoms with Gasteiger partial charge in [0, 0.05) is 0 Å². The second-order valence-electron chi connectivity index (χ2n) is 5.30. The fourth-order valence-corrected chi connectivity index (χ4v) is 1.96. The average Bonchev–Trinajstić information content (AvgIpc) is 2.40. The highest BCUT2D eigenvalue weighted by molar-refractivity contribution is 7.40. The predicted octanol–water partition coefficient (Wildman–Crippen LogP) is 4.89. The highest BCUT2D eigenvalue weighted by Gasteiger charge is 2.39. The molecule has 0 aromatic rings. The summed E-state index contributed by atoms with van der Waals surface area (Å²) < 4.78 is 150. The van der Waals surface area contributed by atoms with Crippen molar-refractivity contribution < 1.29 is 66.6 Å². The molecule has 16 heteroatoms. The summed E-state index contributed by atoms with van der Waals surface area (Å²) in [6, 6.07) is 0. The first-order valence-electron chi connectivity index (χ1n) is 6.72. The largest absolute Gasteiger partial charge is 0.415 e. The molecule has 0 saturated carbocycles. The van der Waals surface area contributed by atoms with Crippen LogP contribution in [-0.2, 0) is 18.7 Å². The lowest BCUT2D eigenvalue weighted by atomic mass is 9.92. The Labute approximate surface area is 146 Å². The van der Waals surface area contributed by atoms with Crippen LogP contribution < -0.4 is 0 Å². The van der Waals surface area contributed by atoms with E-state index in [-0.39, 0.29) is 0 Å². The summed E-state index contributed by atoms with van der Waals surface area (Å²) in [4.78, 5) is 0. The molecule has 0 radical (unpaired) electrons. The van der Waals surface area contributed by atoms with Gasteiger partial charge in [0.1, 0.15) is 19.8 Å². The molecule has 0 bridgehead atoms. The Morgan fingerprint density at radius 3 is 1.00 bits per heavy atom. The molecule has 164 valence electrons. The van der Waals surface area contributed by atoms with E-state index in [1.807, 2.05) is 0 Å². The summed E-state index contributed by atoms with van der Waals surface area (Å²) in [5.41, 5.74) is -2.26. The number of alkyl halides is 9. The SMILES string of the molecule is FP(F)OCC(COCC(F)(F)F)(COCC(F)(F)F)COCC(F)(F)F. The van der Waals surface area contributed by atoms with Crippen LogP contribution in [0.1, 0.15) is 0 Å². The van der Waals surface area contributed by atoms with Crippen LogP contribution in [0.2, 0.25) is 0 Å². The summed E-state index contributed by atoms with van der Waals surface area (Å²) >= 11 is 0. The highest BCUT2D eigenvalue weighted by atomic mass is 31.2. The third-order valence-electron chi connectivity index (χ3n) is 2.49. The molecule has 27 heavy (non-hydrogen) atoms. The van der Waals surface area contributed by atoms with Crippen LogP contribution in [0.5, 0.6) is 0 Å². The zero-order chi connectivity index (χ0) is 21.4. The smallest absolute Gasteiger partial charge is 0.371 e. The standard InChI is InChI=1S/C11H14F11O4P/c12-9(13,14)5-23-1-8(4-26-27(21)22,2-24-6-10(15,16)17)3-25-7-11(18,19)20/h1-7H2. The Bertz CT molecular complexity index is 360. The third-order valence-corrected chi connectivity index (χ3v) is 2.81. The van der Waals surface area contributed by atoms with E-state index in [4.69, 9.17) is 0 Å². The average molecular weight is 450 g/mol. The van der Waals surface area contributed by atoms with Crippen LogP contribution in [0, 0.1) is 5.41 Å². The molecule has 0 amide bonds. The molecule has 0 spiro atoms. The summed E-state index contributed by atoms with van der Waals surface area (Å²) in [6.07, 6.45) is -14.6. The van der Waals surface area contributed by atoms with Gasteiger partial charge < -0.3 is 18.7 Å². The van der Waals surface area contributed by atoms with Gasteiger partial charge >= 0.3 is 27.3 Å². The highest BCUT2D eigenvalue weighted by Crippen LogP contribution is 2.42. The van der Waals surface area contributed by atoms with Gasteiger partial charge in [0.05, 0.1) is 31.8 Å². The van der Waals surface area contributed by atoms with Crippen molar-refractivity contribution in [3.05, 3.63) is 0 Å². The van der Waals surface area contributed by atoms with E-state index >= 15 is 0 Å². The van der Waals surface area contributed by atoms with Crippen molar-refractivity contribution in [2.45, 2.75) is 18.5 Å². The van der Waals surface area contributed by atoms with Gasteiger partial charge in [-0.05, 0) is 0 Å². The van der Waals surface area contributed by atoms with Gasteiger partial charge in [-0.1, -0.05) is 0 Å². The number of hydrogen-bond donors (Lipinski definition) is 0. The topological polar surface area (TPSA) is 36.9 Å². The lowest BCUT2D eigenvalue weighted by Crippen LogP contribution is -2.43. The molecule has 4 nitrogen and oxygen atoms in total. The lowest BCUT2D eigenvalue weighted by molar-refractivity contribution is -0.213. The number of ether oxygens (including phenoxy) is 3. The third kappa shape index (κ3) is 16.2. The number of halogens is 11. The summed E-state index contributed by atoms with van der Waals surface area (Å²) in [7, 11) is -4.11. The molecule has 0 aromatic carbocycles. The van der Waals surface area contributed by atoms with Crippen molar-refractivity contribution in [3.63, 3.8) is 0 Å². The first-order valence-corrected chi connectivity index (χ1v) is 7.76. The van der Waals surface area contributed by atoms with Gasteiger partial charge in [-0.3, -0.25) is 0 Å². The Balaban J connectivity index is 5.13. The second kappa shape index (κ2) is 10.9. The van der Waals surface area contributed by atoms with E-state index in [0.717, 1.165) is 0 Å². The minimum absolute atomic E-state index is 1.20. The number of rotatable bonds is 12. The van der Waals surface area contributed by atoms with Crippen LogP contribution in [0.15, 0.2) is 0 Å². The molecule has 0 fully saturated rings. The zero-order valence-corrected chi connectivity index (χ0v) is 14.1. The molecule has 0 N–H and O–H groups in total. The van der Waals surface area contributed by atoms with Gasteiger partial charge in [-0.2, -0.15) is 47.9 Å². The fraction of sp³-hybridized carbons (Fsp3) is 1.00. The van der Waals surface area contributed by atoms with Crippen molar-refractivity contribution in [3.8, 4) is 0 Å². The van der Waals surface area contributed by atoms with Gasteiger partial charge in [0.25, 0.3) is 0 Å². The Morgan fingerprint density at radius 1 is 0.481 bits per heavy atom. The van der Waals surface area contributed by atoms with E-state index in [0.29, 0.717) is 0 Å². The fourth-order valence-electron chi connectivity index (χ4n) is 1.59. The zero-order valence-electron chi connectivity index (χ0n) is 13.2. The molecule has 0 atom stereocenters. The molecule has 0 saturated heterocycles. The second-order valence-corrected chi connectivity index (χ2v) is 5.96. The summed E-state index contributed by atoms with van der Waals surface area (Å²) in [6.45, 7) is -10.6. The molecule has 0 aromatic heterocycles. The molecule has 0 heterocycles. The van der Waals surface area contributed by atoms with E-state index in [1.54, 1.807) is 0 Å². The van der Waals surface area contributed by atoms with Gasteiger partial charge in [-0.25, -0.2) is 0 Å². The van der Waals surface area contributed by atoms with Crippen LogP contribution >= 0.6 is 8.77 Å². The summed E-state index contributed by atoms with van der Waals surface area (Å²) in [5, 5.41) is 0. The van der Waals surface area contributed by atoms with Crippen LogP contribution in [0.4, 0.5) is 47.9 Å². The molecule has 0 aliphatic heterocycles. The molecular weight excluding hydrogens is 436 g/mol. The maximum absolute atomic E-state index is 12.3. The van der Waals surface area contributed by atoms with Crippen molar-refractivity contribution in [2.24, 2.45) is 5.41 Å². The maximum Gasteiger partial charge on any atom is 0.415 e. The van der Waals surface area contributed by atoms with Crippen LogP contribution in [0.25, 0.3) is 0 Å². The molecule has 0 rings (SSSR count). The quantitative estimate of drug-likeness (QED) is 0.314. The van der Waals surface area contributed by atoms with E-state index in [2.05, 4.69) is 18.7 Å². The maximum atomic E-state index is 12.3. The van der Waals surface area contributed by atoms with Crippen molar-refractivity contribution in [1.29, 1.82) is 0 Å². The van der Waals surface area contributed by atoms with Crippen molar-refractivity contribution >= 4 is 8.77 Å². The van der Waals surface area contributed by atoms with E-state index < -0.39 is 79.0 Å². The van der Waals surface area contributed by atoms with Gasteiger partial charge in [0.15, 0.2) is 0 Å². The van der Waals surface area contributed by atoms with Crippen LogP contribution in [-0.4, -0.2) is 64.8 Å². The Hall–Kier alpha value is -0.500. The molecule has 0 aliphatic carbocycles. The lowest BCUT2D eigenvalue weighted by Gasteiger charge is -2.33. The monoisotopic (exact) mass is 450 g/mol. The summed E-state index contributed by atoms with van der Waals surface area (Å²) in [5.74, 6) is 0. The van der Waals surface area contributed by atoms with Crippen molar-refractivity contribution in [2.75, 3.05) is 46.2 Å². The minimum Gasteiger partial charge on any atom is -0.371 e. The molecular formula is C11H14F11O4P. The van der Waals surface area contributed by atoms with E-state index in [9.17, 15) is 47.9 Å². The predicted molar refractivity (Wildman–Crippen MR) is 68.1 cm³/mol. The first kappa shape index (κ1) is 26.5.